The van der Waals surface area contributed by atoms with E-state index in [9.17, 15) is 5.11 Å². The zero-order chi connectivity index (χ0) is 15.1. The van der Waals surface area contributed by atoms with E-state index in [1.165, 1.54) is 5.56 Å². The number of ether oxygens (including phenoxy) is 1. The van der Waals surface area contributed by atoms with Crippen LogP contribution in [0.5, 0.6) is 5.75 Å². The zero-order valence-electron chi connectivity index (χ0n) is 12.6. The highest BCUT2D eigenvalue weighted by Gasteiger charge is 2.12. The number of aliphatic hydroxyl groups is 1. The summed E-state index contributed by atoms with van der Waals surface area (Å²) in [6.45, 7) is 3.08. The van der Waals surface area contributed by atoms with Crippen LogP contribution in [0.25, 0.3) is 0 Å². The molecule has 0 aliphatic rings. The molecular formula is C18H23NO2. The maximum Gasteiger partial charge on any atom is 0.118 e. The molecule has 2 unspecified atom stereocenters. The van der Waals surface area contributed by atoms with Crippen LogP contribution in [0.3, 0.4) is 0 Å². The summed E-state index contributed by atoms with van der Waals surface area (Å²) in [5.74, 6) is 1.24. The van der Waals surface area contributed by atoms with E-state index in [2.05, 4.69) is 24.4 Å². The molecule has 2 N–H and O–H groups in total. The molecule has 21 heavy (non-hydrogen) atoms. The minimum absolute atomic E-state index is 0.0214. The van der Waals surface area contributed by atoms with Crippen molar-refractivity contribution in [2.75, 3.05) is 20.3 Å². The van der Waals surface area contributed by atoms with Crippen LogP contribution in [-0.4, -0.2) is 25.4 Å². The first kappa shape index (κ1) is 15.5. The molecule has 112 valence electrons. The van der Waals surface area contributed by atoms with Crippen LogP contribution in [0.2, 0.25) is 0 Å². The van der Waals surface area contributed by atoms with Gasteiger partial charge in [-0.15, -0.1) is 0 Å². The molecular weight excluding hydrogens is 262 g/mol. The Bertz CT molecular complexity index is 525. The van der Waals surface area contributed by atoms with Gasteiger partial charge in [-0.05, 0) is 29.2 Å². The Morgan fingerprint density at radius 2 is 1.67 bits per heavy atom. The van der Waals surface area contributed by atoms with Gasteiger partial charge in [-0.2, -0.15) is 0 Å². The molecule has 0 aliphatic heterocycles. The van der Waals surface area contributed by atoms with Crippen molar-refractivity contribution in [3.8, 4) is 5.75 Å². The fraction of sp³-hybridized carbons (Fsp3) is 0.333. The highest BCUT2D eigenvalue weighted by molar-refractivity contribution is 5.29. The molecule has 0 bridgehead atoms. The molecule has 0 fully saturated rings. The molecule has 2 atom stereocenters. The highest BCUT2D eigenvalue weighted by Crippen LogP contribution is 2.20. The lowest BCUT2D eigenvalue weighted by molar-refractivity contribution is 0.243. The quantitative estimate of drug-likeness (QED) is 0.821. The van der Waals surface area contributed by atoms with Gasteiger partial charge >= 0.3 is 0 Å². The molecule has 2 rings (SSSR count). The Morgan fingerprint density at radius 3 is 2.24 bits per heavy atom. The van der Waals surface area contributed by atoms with Gasteiger partial charge in [0.25, 0.3) is 0 Å². The monoisotopic (exact) mass is 285 g/mol. The topological polar surface area (TPSA) is 41.5 Å². The van der Waals surface area contributed by atoms with Gasteiger partial charge in [0.1, 0.15) is 5.75 Å². The van der Waals surface area contributed by atoms with Gasteiger partial charge in [0.15, 0.2) is 0 Å². The predicted molar refractivity (Wildman–Crippen MR) is 85.7 cm³/mol. The molecule has 3 nitrogen and oxygen atoms in total. The average Bonchev–Trinajstić information content (AvgIpc) is 2.56. The smallest absolute Gasteiger partial charge is 0.118 e. The van der Waals surface area contributed by atoms with Crippen LogP contribution in [0, 0.1) is 0 Å². The molecule has 2 aromatic rings. The van der Waals surface area contributed by atoms with E-state index in [0.29, 0.717) is 5.92 Å². The van der Waals surface area contributed by atoms with Gasteiger partial charge < -0.3 is 15.2 Å². The number of rotatable bonds is 7. The molecule has 0 saturated heterocycles. The SMILES string of the molecule is COc1ccc(C(C)CNC(CO)c2ccccc2)cc1. The number of aliphatic hydroxyl groups excluding tert-OH is 1. The molecule has 3 heteroatoms. The normalized spacial score (nSPS) is 13.7. The van der Waals surface area contributed by atoms with Crippen molar-refractivity contribution in [1.82, 2.24) is 5.32 Å². The summed E-state index contributed by atoms with van der Waals surface area (Å²) < 4.78 is 5.17. The number of methoxy groups -OCH3 is 1. The molecule has 0 radical (unpaired) electrons. The summed E-state index contributed by atoms with van der Waals surface area (Å²) in [4.78, 5) is 0. The minimum atomic E-state index is -0.0214. The molecule has 0 amide bonds. The lowest BCUT2D eigenvalue weighted by Crippen LogP contribution is -2.28. The van der Waals surface area contributed by atoms with Crippen LogP contribution in [0.1, 0.15) is 30.0 Å². The van der Waals surface area contributed by atoms with Gasteiger partial charge in [-0.25, -0.2) is 0 Å². The summed E-state index contributed by atoms with van der Waals surface area (Å²) >= 11 is 0. The second-order valence-corrected chi connectivity index (χ2v) is 5.23. The van der Waals surface area contributed by atoms with Crippen molar-refractivity contribution in [3.63, 3.8) is 0 Å². The van der Waals surface area contributed by atoms with Crippen LogP contribution in [0.15, 0.2) is 54.6 Å². The molecule has 2 aromatic carbocycles. The lowest BCUT2D eigenvalue weighted by atomic mass is 10.00. The summed E-state index contributed by atoms with van der Waals surface area (Å²) in [6.07, 6.45) is 0. The first-order valence-electron chi connectivity index (χ1n) is 7.27. The Hall–Kier alpha value is -1.84. The van der Waals surface area contributed by atoms with E-state index in [4.69, 9.17) is 4.74 Å². The van der Waals surface area contributed by atoms with Crippen LogP contribution >= 0.6 is 0 Å². The van der Waals surface area contributed by atoms with Crippen molar-refractivity contribution in [3.05, 3.63) is 65.7 Å². The average molecular weight is 285 g/mol. The molecule has 0 heterocycles. The third-order valence-electron chi connectivity index (χ3n) is 3.74. The van der Waals surface area contributed by atoms with Crippen molar-refractivity contribution in [1.29, 1.82) is 0 Å². The van der Waals surface area contributed by atoms with Gasteiger partial charge in [-0.3, -0.25) is 0 Å². The van der Waals surface area contributed by atoms with Gasteiger partial charge in [0, 0.05) is 6.54 Å². The zero-order valence-corrected chi connectivity index (χ0v) is 12.6. The third-order valence-corrected chi connectivity index (χ3v) is 3.74. The molecule has 0 spiro atoms. The second kappa shape index (κ2) is 7.81. The largest absolute Gasteiger partial charge is 0.497 e. The summed E-state index contributed by atoms with van der Waals surface area (Å²) in [6, 6.07) is 18.1. The Morgan fingerprint density at radius 1 is 1.00 bits per heavy atom. The maximum atomic E-state index is 9.55. The van der Waals surface area contributed by atoms with E-state index < -0.39 is 0 Å². The fourth-order valence-electron chi connectivity index (χ4n) is 2.34. The Kier molecular flexibility index (Phi) is 5.78. The van der Waals surface area contributed by atoms with E-state index in [-0.39, 0.29) is 12.6 Å². The minimum Gasteiger partial charge on any atom is -0.497 e. The molecule has 0 aliphatic carbocycles. The second-order valence-electron chi connectivity index (χ2n) is 5.23. The van der Waals surface area contributed by atoms with E-state index >= 15 is 0 Å². The first-order chi connectivity index (χ1) is 10.2. The van der Waals surface area contributed by atoms with Crippen LogP contribution in [-0.2, 0) is 0 Å². The fourth-order valence-corrected chi connectivity index (χ4v) is 2.34. The van der Waals surface area contributed by atoms with Crippen molar-refractivity contribution in [2.45, 2.75) is 18.9 Å². The molecule has 0 aromatic heterocycles. The number of hydrogen-bond acceptors (Lipinski definition) is 3. The van der Waals surface area contributed by atoms with Crippen molar-refractivity contribution >= 4 is 0 Å². The Labute approximate surface area is 126 Å². The standard InChI is InChI=1S/C18H23NO2/c1-14(15-8-10-17(21-2)11-9-15)12-19-18(13-20)16-6-4-3-5-7-16/h3-11,14,18-20H,12-13H2,1-2H3. The number of benzene rings is 2. The van der Waals surface area contributed by atoms with Gasteiger partial charge in [-0.1, -0.05) is 49.4 Å². The van der Waals surface area contributed by atoms with Gasteiger partial charge in [0.05, 0.1) is 19.8 Å². The number of nitrogens with one attached hydrogen (secondary N) is 1. The van der Waals surface area contributed by atoms with Crippen molar-refractivity contribution < 1.29 is 9.84 Å². The lowest BCUT2D eigenvalue weighted by Gasteiger charge is -2.20. The predicted octanol–water partition coefficient (Wildman–Crippen LogP) is 3.12. The summed E-state index contributed by atoms with van der Waals surface area (Å²) in [7, 11) is 1.67. The Balaban J connectivity index is 1.94. The van der Waals surface area contributed by atoms with Crippen LogP contribution < -0.4 is 10.1 Å². The van der Waals surface area contributed by atoms with Crippen molar-refractivity contribution in [2.24, 2.45) is 0 Å². The summed E-state index contributed by atoms with van der Waals surface area (Å²) in [5, 5.41) is 13.0. The maximum absolute atomic E-state index is 9.55. The van der Waals surface area contributed by atoms with E-state index in [1.54, 1.807) is 7.11 Å². The van der Waals surface area contributed by atoms with Crippen LogP contribution in [0.4, 0.5) is 0 Å². The first-order valence-corrected chi connectivity index (χ1v) is 7.27. The van der Waals surface area contributed by atoms with E-state index in [1.807, 2.05) is 42.5 Å². The number of hydrogen-bond donors (Lipinski definition) is 2. The molecule has 0 saturated carbocycles. The van der Waals surface area contributed by atoms with E-state index in [0.717, 1.165) is 17.9 Å². The third kappa shape index (κ3) is 4.31. The van der Waals surface area contributed by atoms with Gasteiger partial charge in [0.2, 0.25) is 0 Å². The highest BCUT2D eigenvalue weighted by atomic mass is 16.5. The summed E-state index contributed by atoms with van der Waals surface area (Å²) in [5.41, 5.74) is 2.37.